The summed E-state index contributed by atoms with van der Waals surface area (Å²) in [5.74, 6) is 0.973. The molecule has 0 aromatic carbocycles. The van der Waals surface area contributed by atoms with Gasteiger partial charge >= 0.3 is 0 Å². The van der Waals surface area contributed by atoms with Gasteiger partial charge in [-0.2, -0.15) is 0 Å². The molecule has 2 aliphatic rings. The second kappa shape index (κ2) is 8.85. The highest BCUT2D eigenvalue weighted by Crippen LogP contribution is 2.43. The molecule has 0 spiro atoms. The Bertz CT molecular complexity index is 292. The quantitative estimate of drug-likeness (QED) is 0.608. The van der Waals surface area contributed by atoms with Crippen LogP contribution in [0.3, 0.4) is 0 Å². The van der Waals surface area contributed by atoms with Crippen LogP contribution in [0.15, 0.2) is 0 Å². The molecule has 0 unspecified atom stereocenters. The summed E-state index contributed by atoms with van der Waals surface area (Å²) in [6, 6.07) is 0. The van der Waals surface area contributed by atoms with Gasteiger partial charge in [0, 0.05) is 19.8 Å². The lowest BCUT2D eigenvalue weighted by atomic mass is 9.67. The average Bonchev–Trinajstić information content (AvgIpc) is 3.15. The van der Waals surface area contributed by atoms with Crippen LogP contribution in [0.2, 0.25) is 0 Å². The van der Waals surface area contributed by atoms with E-state index in [0.29, 0.717) is 12.0 Å². The van der Waals surface area contributed by atoms with Crippen LogP contribution in [0.1, 0.15) is 45.4 Å². The summed E-state index contributed by atoms with van der Waals surface area (Å²) in [5.41, 5.74) is 0.321. The van der Waals surface area contributed by atoms with Crippen molar-refractivity contribution in [1.82, 2.24) is 10.6 Å². The van der Waals surface area contributed by atoms with Gasteiger partial charge < -0.3 is 15.4 Å². The lowest BCUT2D eigenvalue weighted by molar-refractivity contribution is -0.121. The molecule has 2 rings (SSSR count). The smallest absolute Gasteiger partial charge is 0.233 e. The third kappa shape index (κ3) is 5.98. The first kappa shape index (κ1) is 17.7. The van der Waals surface area contributed by atoms with Crippen LogP contribution >= 0.6 is 12.4 Å². The SMILES string of the molecule is CCOCCC1(CNC(=O)CNCC2CC2)CCC1.Cl. The van der Waals surface area contributed by atoms with Crippen molar-refractivity contribution in [1.29, 1.82) is 0 Å². The second-order valence-electron chi connectivity index (χ2n) is 6.15. The third-order valence-electron chi connectivity index (χ3n) is 4.47. The predicted octanol–water partition coefficient (Wildman–Crippen LogP) is 2.12. The molecule has 0 heterocycles. The number of halogens is 1. The lowest BCUT2D eigenvalue weighted by Crippen LogP contribution is -2.45. The van der Waals surface area contributed by atoms with Gasteiger partial charge in [0.25, 0.3) is 0 Å². The van der Waals surface area contributed by atoms with Crippen LogP contribution in [0.4, 0.5) is 0 Å². The molecule has 0 aromatic rings. The van der Waals surface area contributed by atoms with Crippen LogP contribution in [0.25, 0.3) is 0 Å². The van der Waals surface area contributed by atoms with Crippen molar-refractivity contribution in [2.24, 2.45) is 11.3 Å². The monoisotopic (exact) mass is 304 g/mol. The van der Waals surface area contributed by atoms with E-state index in [4.69, 9.17) is 4.74 Å². The van der Waals surface area contributed by atoms with E-state index >= 15 is 0 Å². The number of amides is 1. The van der Waals surface area contributed by atoms with E-state index in [2.05, 4.69) is 10.6 Å². The number of carbonyl (C=O) groups is 1. The molecule has 4 nitrogen and oxygen atoms in total. The Balaban J connectivity index is 0.00000200. The molecule has 0 saturated heterocycles. The van der Waals surface area contributed by atoms with Gasteiger partial charge in [-0.1, -0.05) is 6.42 Å². The molecule has 2 N–H and O–H groups in total. The van der Waals surface area contributed by atoms with E-state index in [0.717, 1.165) is 38.6 Å². The molecule has 0 atom stereocenters. The van der Waals surface area contributed by atoms with Gasteiger partial charge in [0.05, 0.1) is 6.54 Å². The number of ether oxygens (including phenoxy) is 1. The highest BCUT2D eigenvalue weighted by molar-refractivity contribution is 5.85. The summed E-state index contributed by atoms with van der Waals surface area (Å²) in [6.07, 6.45) is 7.49. The van der Waals surface area contributed by atoms with Crippen LogP contribution in [0, 0.1) is 11.3 Å². The van der Waals surface area contributed by atoms with E-state index < -0.39 is 0 Å². The molecule has 2 saturated carbocycles. The van der Waals surface area contributed by atoms with Crippen molar-refractivity contribution in [2.75, 3.05) is 32.8 Å². The Morgan fingerprint density at radius 1 is 1.35 bits per heavy atom. The number of rotatable bonds is 10. The van der Waals surface area contributed by atoms with Gasteiger partial charge in [-0.05, 0) is 56.9 Å². The molecule has 0 aliphatic heterocycles. The maximum atomic E-state index is 11.8. The van der Waals surface area contributed by atoms with E-state index in [1.165, 1.54) is 32.1 Å². The highest BCUT2D eigenvalue weighted by atomic mass is 35.5. The Kier molecular flexibility index (Phi) is 7.85. The molecule has 0 bridgehead atoms. The van der Waals surface area contributed by atoms with Crippen molar-refractivity contribution in [3.63, 3.8) is 0 Å². The predicted molar refractivity (Wildman–Crippen MR) is 83.2 cm³/mol. The fourth-order valence-electron chi connectivity index (χ4n) is 2.69. The Labute approximate surface area is 128 Å². The maximum Gasteiger partial charge on any atom is 0.233 e. The summed E-state index contributed by atoms with van der Waals surface area (Å²) in [5, 5.41) is 6.32. The van der Waals surface area contributed by atoms with Crippen LogP contribution < -0.4 is 10.6 Å². The Morgan fingerprint density at radius 3 is 2.65 bits per heavy atom. The van der Waals surface area contributed by atoms with E-state index in [1.807, 2.05) is 6.92 Å². The first-order chi connectivity index (χ1) is 9.24. The fraction of sp³-hybridized carbons (Fsp3) is 0.933. The van der Waals surface area contributed by atoms with Crippen LogP contribution in [0.5, 0.6) is 0 Å². The number of nitrogens with one attached hydrogen (secondary N) is 2. The zero-order valence-corrected chi connectivity index (χ0v) is 13.4. The average molecular weight is 305 g/mol. The highest BCUT2D eigenvalue weighted by Gasteiger charge is 2.36. The van der Waals surface area contributed by atoms with Gasteiger partial charge in [-0.15, -0.1) is 12.4 Å². The molecular weight excluding hydrogens is 276 g/mol. The minimum Gasteiger partial charge on any atom is -0.382 e. The fourth-order valence-corrected chi connectivity index (χ4v) is 2.69. The van der Waals surface area contributed by atoms with Gasteiger partial charge in [0.2, 0.25) is 5.91 Å². The van der Waals surface area contributed by atoms with Gasteiger partial charge in [0.15, 0.2) is 0 Å². The molecule has 5 heteroatoms. The zero-order chi connectivity index (χ0) is 13.6. The van der Waals surface area contributed by atoms with Crippen molar-refractivity contribution in [3.05, 3.63) is 0 Å². The maximum absolute atomic E-state index is 11.8. The molecule has 20 heavy (non-hydrogen) atoms. The minimum absolute atomic E-state index is 0. The molecule has 2 fully saturated rings. The van der Waals surface area contributed by atoms with E-state index in [1.54, 1.807) is 0 Å². The van der Waals surface area contributed by atoms with Crippen molar-refractivity contribution in [3.8, 4) is 0 Å². The largest absolute Gasteiger partial charge is 0.382 e. The molecule has 1 amide bonds. The first-order valence-electron chi connectivity index (χ1n) is 7.79. The van der Waals surface area contributed by atoms with E-state index in [-0.39, 0.29) is 18.3 Å². The number of carbonyl (C=O) groups excluding carboxylic acids is 1. The summed E-state index contributed by atoms with van der Waals surface area (Å²) < 4.78 is 5.44. The minimum atomic E-state index is 0. The molecule has 118 valence electrons. The topological polar surface area (TPSA) is 50.4 Å². The van der Waals surface area contributed by atoms with Crippen molar-refractivity contribution >= 4 is 18.3 Å². The van der Waals surface area contributed by atoms with Gasteiger partial charge in [-0.3, -0.25) is 4.79 Å². The molecule has 0 aromatic heterocycles. The second-order valence-corrected chi connectivity index (χ2v) is 6.15. The summed E-state index contributed by atoms with van der Waals surface area (Å²) >= 11 is 0. The Hall–Kier alpha value is -0.320. The molecular formula is C15H29ClN2O2. The first-order valence-corrected chi connectivity index (χ1v) is 7.79. The summed E-state index contributed by atoms with van der Waals surface area (Å²) in [4.78, 5) is 11.8. The van der Waals surface area contributed by atoms with Crippen molar-refractivity contribution < 1.29 is 9.53 Å². The zero-order valence-electron chi connectivity index (χ0n) is 12.6. The van der Waals surface area contributed by atoms with E-state index in [9.17, 15) is 4.79 Å². The van der Waals surface area contributed by atoms with Gasteiger partial charge in [0.1, 0.15) is 0 Å². The lowest BCUT2D eigenvalue weighted by Gasteiger charge is -2.42. The standard InChI is InChI=1S/C15H28N2O2.ClH/c1-2-19-9-8-15(6-3-7-15)12-17-14(18)11-16-10-13-4-5-13;/h13,16H,2-12H2,1H3,(H,17,18);1H. The third-order valence-corrected chi connectivity index (χ3v) is 4.47. The van der Waals surface area contributed by atoms with Crippen molar-refractivity contribution in [2.45, 2.75) is 45.4 Å². The van der Waals surface area contributed by atoms with Crippen LogP contribution in [-0.2, 0) is 9.53 Å². The number of hydrogen-bond donors (Lipinski definition) is 2. The van der Waals surface area contributed by atoms with Gasteiger partial charge in [-0.25, -0.2) is 0 Å². The normalized spacial score (nSPS) is 19.9. The molecule has 2 aliphatic carbocycles. The molecule has 0 radical (unpaired) electrons. The van der Waals surface area contributed by atoms with Crippen LogP contribution in [-0.4, -0.2) is 38.8 Å². The Morgan fingerprint density at radius 2 is 2.10 bits per heavy atom. The number of hydrogen-bond acceptors (Lipinski definition) is 3. The summed E-state index contributed by atoms with van der Waals surface area (Å²) in [6.45, 7) is 5.94. The summed E-state index contributed by atoms with van der Waals surface area (Å²) in [7, 11) is 0.